The molecule has 2 aliphatic heterocycles. The first-order valence-corrected chi connectivity index (χ1v) is 21.1. The van der Waals surface area contributed by atoms with Crippen LogP contribution in [0.5, 0.6) is 0 Å². The Hall–Kier alpha value is -3.75. The topological polar surface area (TPSA) is 139 Å². The van der Waals surface area contributed by atoms with Gasteiger partial charge in [0.1, 0.15) is 23.4 Å². The van der Waals surface area contributed by atoms with Crippen LogP contribution in [-0.4, -0.2) is 57.6 Å². The molecule has 0 N–H and O–H groups in total. The number of likely N-dealkylation sites (tertiary alicyclic amines) is 1. The lowest BCUT2D eigenvalue weighted by Gasteiger charge is -2.51. The minimum atomic E-state index is -2.30. The third-order valence-corrected chi connectivity index (χ3v) is 16.6. The molecule has 10 nitrogen and oxygen atoms in total. The number of rotatable bonds is 10. The molecule has 2 heterocycles. The van der Waals surface area contributed by atoms with Crippen LogP contribution in [-0.2, 0) is 36.5 Å². The van der Waals surface area contributed by atoms with Crippen LogP contribution in [0, 0.1) is 16.0 Å². The fourth-order valence-corrected chi connectivity index (χ4v) is 9.79. The zero-order valence-electron chi connectivity index (χ0n) is 28.3. The van der Waals surface area contributed by atoms with Crippen molar-refractivity contribution in [3.63, 3.8) is 0 Å². The maximum atomic E-state index is 14.4. The molecule has 5 rings (SSSR count). The Balaban J connectivity index is 1.55. The van der Waals surface area contributed by atoms with Crippen molar-refractivity contribution in [1.82, 2.24) is 4.90 Å². The van der Waals surface area contributed by atoms with Crippen LogP contribution in [0.1, 0.15) is 50.0 Å². The van der Waals surface area contributed by atoms with E-state index in [0.717, 1.165) is 4.90 Å². The summed E-state index contributed by atoms with van der Waals surface area (Å²) >= 11 is -0.269. The minimum absolute atomic E-state index is 0.106. The number of Topliss-reactive ketones (excluding diaryl/α,β-unsaturated/α-hetero) is 1. The van der Waals surface area contributed by atoms with Crippen LogP contribution in [0.15, 0.2) is 99.9 Å². The van der Waals surface area contributed by atoms with E-state index in [-0.39, 0.29) is 52.5 Å². The highest BCUT2D eigenvalue weighted by molar-refractivity contribution is 8.00. The van der Waals surface area contributed by atoms with Crippen molar-refractivity contribution >= 4 is 54.6 Å². The molecule has 49 heavy (non-hydrogen) atoms. The number of non-ortho nitro benzene ring substituents is 1. The van der Waals surface area contributed by atoms with Gasteiger partial charge in [-0.15, -0.1) is 0 Å². The third-order valence-electron chi connectivity index (χ3n) is 9.27. The van der Waals surface area contributed by atoms with Gasteiger partial charge in [0.25, 0.3) is 5.69 Å². The maximum absolute atomic E-state index is 14.4. The smallest absolute Gasteiger partial charge is 0.355 e. The molecule has 1 saturated heterocycles. The number of amides is 1. The summed E-state index contributed by atoms with van der Waals surface area (Å²) in [5, 5.41) is 10.4. The molecule has 258 valence electrons. The molecule has 0 aliphatic carbocycles. The molecular weight excluding hydrogens is 681 g/mol. The number of benzene rings is 3. The number of thioether (sulfide) groups is 1. The van der Waals surface area contributed by atoms with Crippen LogP contribution in [0.3, 0.4) is 0 Å². The standard InChI is InChI=1S/C36H40N2O8S2Si/c1-23(46-49(5,6)36(2,3)4)31-33(40)37(34(31)47-27-12-8-7-9-13-27)32(35(41)45-21-24-16-18-26(19-17-24)38(42)43)25-20-29(39)28-14-10-11-15-30(28)48(44)22-25/h7-19,23,31,34H,20-22H2,1-6H3/t23-,31+,34-,48?/m0/s1. The summed E-state index contributed by atoms with van der Waals surface area (Å²) in [7, 11) is -2.30. The summed E-state index contributed by atoms with van der Waals surface area (Å²) in [6.07, 6.45) is -0.708. The second kappa shape index (κ2) is 14.6. The predicted octanol–water partition coefficient (Wildman–Crippen LogP) is 7.27. The molecule has 1 amide bonds. The first kappa shape index (κ1) is 36.5. The van der Waals surface area contributed by atoms with Crippen molar-refractivity contribution in [2.45, 2.75) is 80.1 Å². The fourth-order valence-electron chi connectivity index (χ4n) is 5.60. The Kier molecular flexibility index (Phi) is 10.9. The number of fused-ring (bicyclic) bond motifs is 1. The molecule has 4 atom stereocenters. The van der Waals surface area contributed by atoms with Crippen molar-refractivity contribution < 1.29 is 33.0 Å². The number of hydrogen-bond donors (Lipinski definition) is 0. The summed E-state index contributed by atoms with van der Waals surface area (Å²) in [5.74, 6) is -2.29. The minimum Gasteiger partial charge on any atom is -0.611 e. The van der Waals surface area contributed by atoms with Crippen LogP contribution in [0.2, 0.25) is 18.1 Å². The molecule has 0 bridgehead atoms. The number of nitrogens with zero attached hydrogens (tertiary/aromatic N) is 2. The second-order valence-electron chi connectivity index (χ2n) is 13.7. The van der Waals surface area contributed by atoms with Crippen molar-refractivity contribution in [2.75, 3.05) is 5.75 Å². The van der Waals surface area contributed by atoms with E-state index >= 15 is 0 Å². The molecule has 1 fully saturated rings. The average molecular weight is 721 g/mol. The van der Waals surface area contributed by atoms with Gasteiger partial charge in [-0.05, 0) is 78.2 Å². The predicted molar refractivity (Wildman–Crippen MR) is 191 cm³/mol. The Morgan fingerprint density at radius 3 is 2.31 bits per heavy atom. The first-order valence-electron chi connectivity index (χ1n) is 15.9. The average Bonchev–Trinajstić information content (AvgIpc) is 3.17. The highest BCUT2D eigenvalue weighted by atomic mass is 32.2. The van der Waals surface area contributed by atoms with Gasteiger partial charge in [-0.3, -0.25) is 24.6 Å². The number of esters is 1. The molecule has 1 unspecified atom stereocenters. The van der Waals surface area contributed by atoms with Crippen LogP contribution >= 0.6 is 11.8 Å². The van der Waals surface area contributed by atoms with Gasteiger partial charge in [0.05, 0.1) is 22.5 Å². The molecule has 0 spiro atoms. The van der Waals surface area contributed by atoms with E-state index in [9.17, 15) is 29.1 Å². The van der Waals surface area contributed by atoms with Gasteiger partial charge in [0.2, 0.25) is 5.91 Å². The van der Waals surface area contributed by atoms with Crippen molar-refractivity contribution in [2.24, 2.45) is 5.92 Å². The summed E-state index contributed by atoms with van der Waals surface area (Å²) < 4.78 is 26.1. The number of carbonyl (C=O) groups excluding carboxylic acids is 3. The molecule has 2 aliphatic rings. The van der Waals surface area contributed by atoms with Crippen LogP contribution < -0.4 is 0 Å². The van der Waals surface area contributed by atoms with Gasteiger partial charge >= 0.3 is 5.97 Å². The lowest BCUT2D eigenvalue weighted by molar-refractivity contribution is -0.384. The van der Waals surface area contributed by atoms with Crippen LogP contribution in [0.25, 0.3) is 0 Å². The van der Waals surface area contributed by atoms with Gasteiger partial charge < -0.3 is 13.7 Å². The van der Waals surface area contributed by atoms with Crippen molar-refractivity contribution in [1.29, 1.82) is 0 Å². The maximum Gasteiger partial charge on any atom is 0.355 e. The van der Waals surface area contributed by atoms with E-state index in [2.05, 4.69) is 33.9 Å². The summed E-state index contributed by atoms with van der Waals surface area (Å²) in [6.45, 7) is 12.3. The van der Waals surface area contributed by atoms with E-state index in [0.29, 0.717) is 16.0 Å². The van der Waals surface area contributed by atoms with Crippen molar-refractivity contribution in [3.8, 4) is 0 Å². The number of carbonyl (C=O) groups is 3. The van der Waals surface area contributed by atoms with E-state index < -0.39 is 47.8 Å². The van der Waals surface area contributed by atoms with Gasteiger partial charge in [-0.1, -0.05) is 62.9 Å². The number of nitro benzene ring substituents is 1. The fraction of sp³-hybridized carbons (Fsp3) is 0.361. The van der Waals surface area contributed by atoms with E-state index in [1.54, 1.807) is 24.3 Å². The monoisotopic (exact) mass is 720 g/mol. The highest BCUT2D eigenvalue weighted by Crippen LogP contribution is 2.47. The number of hydrogen-bond acceptors (Lipinski definition) is 9. The van der Waals surface area contributed by atoms with E-state index in [4.69, 9.17) is 9.16 Å². The van der Waals surface area contributed by atoms with Gasteiger partial charge in [-0.2, -0.15) is 0 Å². The SMILES string of the molecule is C[C@H](O[Si](C)(C)C(C)(C)C)[C@@H]1C(=O)N(C(C(=O)OCc2ccc([N+](=O)[O-])cc2)=C2CC(=O)c3ccccc3[S+]([O-])C2)[C@H]1Sc1ccccc1. The highest BCUT2D eigenvalue weighted by Gasteiger charge is 2.56. The van der Waals surface area contributed by atoms with E-state index in [1.165, 1.54) is 40.9 Å². The van der Waals surface area contributed by atoms with Gasteiger partial charge in [0, 0.05) is 29.0 Å². The van der Waals surface area contributed by atoms with Gasteiger partial charge in [-0.25, -0.2) is 4.79 Å². The Bertz CT molecular complexity index is 1780. The number of ketones is 1. The van der Waals surface area contributed by atoms with Crippen molar-refractivity contribution in [3.05, 3.63) is 111 Å². The molecular formula is C36H40N2O8S2Si. The number of nitro groups is 1. The zero-order valence-corrected chi connectivity index (χ0v) is 31.0. The number of ether oxygens (including phenoxy) is 1. The van der Waals surface area contributed by atoms with E-state index in [1.807, 2.05) is 37.3 Å². The largest absolute Gasteiger partial charge is 0.611 e. The molecule has 0 saturated carbocycles. The number of β-lactam (4-membered cyclic amide) rings is 1. The molecule has 3 aromatic rings. The second-order valence-corrected chi connectivity index (χ2v) is 21.0. The Morgan fingerprint density at radius 2 is 1.67 bits per heavy atom. The normalized spacial score (nSPS) is 21.3. The lowest BCUT2D eigenvalue weighted by atomic mass is 9.90. The first-order chi connectivity index (χ1) is 23.1. The summed E-state index contributed by atoms with van der Waals surface area (Å²) in [6, 6.07) is 21.8. The van der Waals surface area contributed by atoms with Crippen LogP contribution in [0.4, 0.5) is 5.69 Å². The Labute approximate surface area is 294 Å². The molecule has 0 aromatic heterocycles. The molecule has 0 radical (unpaired) electrons. The lowest BCUT2D eigenvalue weighted by Crippen LogP contribution is -2.64. The zero-order chi connectivity index (χ0) is 35.7. The summed E-state index contributed by atoms with van der Waals surface area (Å²) in [5.41, 5.74) is 0.843. The molecule has 3 aromatic carbocycles. The van der Waals surface area contributed by atoms with Gasteiger partial charge in [0.15, 0.2) is 19.0 Å². The molecule has 13 heteroatoms. The third kappa shape index (κ3) is 7.86. The Morgan fingerprint density at radius 1 is 1.04 bits per heavy atom. The summed E-state index contributed by atoms with van der Waals surface area (Å²) in [4.78, 5) is 55.3. The quantitative estimate of drug-likeness (QED) is 0.0402.